The van der Waals surface area contributed by atoms with Crippen molar-refractivity contribution in [1.82, 2.24) is 4.98 Å². The lowest BCUT2D eigenvalue weighted by atomic mass is 10.1. The van der Waals surface area contributed by atoms with Gasteiger partial charge in [-0.2, -0.15) is 0 Å². The number of rotatable bonds is 2. The second-order valence-corrected chi connectivity index (χ2v) is 4.50. The zero-order valence-corrected chi connectivity index (χ0v) is 11.3. The first-order valence-electron chi connectivity index (χ1n) is 4.44. The zero-order chi connectivity index (χ0) is 10.8. The van der Waals surface area contributed by atoms with E-state index in [0.717, 1.165) is 26.3 Å². The van der Waals surface area contributed by atoms with Crippen molar-refractivity contribution in [1.29, 1.82) is 0 Å². The fraction of sp³-hybridized carbons (Fsp3) is 0.182. The average Bonchev–Trinajstić information content (AvgIpc) is 2.28. The minimum Gasteiger partial charge on any atom is -0.481 e. The van der Waals surface area contributed by atoms with Crippen LogP contribution >= 0.6 is 31.9 Å². The predicted octanol–water partition coefficient (Wildman–Crippen LogP) is 3.90. The number of alkyl halides is 1. The summed E-state index contributed by atoms with van der Waals surface area (Å²) in [6, 6.07) is 7.96. The number of nitrogens with zero attached hydrogens (tertiary/aromatic N) is 1. The van der Waals surface area contributed by atoms with E-state index in [2.05, 4.69) is 36.8 Å². The van der Waals surface area contributed by atoms with Gasteiger partial charge >= 0.3 is 0 Å². The fourth-order valence-corrected chi connectivity index (χ4v) is 2.85. The van der Waals surface area contributed by atoms with Crippen LogP contribution in [0.25, 0.3) is 10.9 Å². The molecule has 0 bridgehead atoms. The maximum absolute atomic E-state index is 5.12. The van der Waals surface area contributed by atoms with Crippen LogP contribution in [0.1, 0.15) is 5.56 Å². The highest BCUT2D eigenvalue weighted by molar-refractivity contribution is 9.10. The third-order valence-electron chi connectivity index (χ3n) is 2.23. The number of fused-ring (bicyclic) bond motifs is 1. The fourth-order valence-electron chi connectivity index (χ4n) is 1.45. The number of halogens is 2. The van der Waals surface area contributed by atoms with Crippen LogP contribution in [0.2, 0.25) is 0 Å². The maximum atomic E-state index is 5.12. The Morgan fingerprint density at radius 1 is 1.27 bits per heavy atom. The lowest BCUT2D eigenvalue weighted by Gasteiger charge is -2.07. The van der Waals surface area contributed by atoms with E-state index in [-0.39, 0.29) is 0 Å². The van der Waals surface area contributed by atoms with Crippen LogP contribution in [-0.2, 0) is 5.33 Å². The summed E-state index contributed by atoms with van der Waals surface area (Å²) in [5.41, 5.74) is 2.12. The van der Waals surface area contributed by atoms with Crippen LogP contribution < -0.4 is 4.74 Å². The van der Waals surface area contributed by atoms with Crippen LogP contribution in [0.15, 0.2) is 28.7 Å². The molecule has 0 fully saturated rings. The van der Waals surface area contributed by atoms with Gasteiger partial charge in [0.1, 0.15) is 0 Å². The van der Waals surface area contributed by atoms with Gasteiger partial charge in [0.15, 0.2) is 0 Å². The Hall–Kier alpha value is -0.610. The third kappa shape index (κ3) is 2.01. The Labute approximate surface area is 105 Å². The highest BCUT2D eigenvalue weighted by Crippen LogP contribution is 2.28. The minimum atomic E-state index is 0.641. The van der Waals surface area contributed by atoms with Crippen molar-refractivity contribution >= 4 is 42.8 Å². The first-order valence-corrected chi connectivity index (χ1v) is 6.36. The SMILES string of the molecule is COc1ccc2ccc(Br)c(CBr)c2n1. The Morgan fingerprint density at radius 3 is 2.67 bits per heavy atom. The maximum Gasteiger partial charge on any atom is 0.213 e. The van der Waals surface area contributed by atoms with E-state index in [1.165, 1.54) is 0 Å². The molecule has 0 atom stereocenters. The van der Waals surface area contributed by atoms with E-state index in [4.69, 9.17) is 4.74 Å². The van der Waals surface area contributed by atoms with Gasteiger partial charge in [-0.15, -0.1) is 0 Å². The van der Waals surface area contributed by atoms with Crippen LogP contribution in [0, 0.1) is 0 Å². The molecule has 2 nitrogen and oxygen atoms in total. The molecule has 1 heterocycles. The molecule has 0 spiro atoms. The second-order valence-electron chi connectivity index (χ2n) is 3.08. The van der Waals surface area contributed by atoms with Gasteiger partial charge in [-0.3, -0.25) is 0 Å². The van der Waals surface area contributed by atoms with Crippen molar-refractivity contribution in [3.63, 3.8) is 0 Å². The van der Waals surface area contributed by atoms with Gasteiger partial charge in [0.2, 0.25) is 5.88 Å². The molecular formula is C11H9Br2NO. The first-order chi connectivity index (χ1) is 7.26. The van der Waals surface area contributed by atoms with E-state index < -0.39 is 0 Å². The lowest BCUT2D eigenvalue weighted by Crippen LogP contribution is -1.91. The highest BCUT2D eigenvalue weighted by Gasteiger charge is 2.07. The number of hydrogen-bond acceptors (Lipinski definition) is 2. The van der Waals surface area contributed by atoms with E-state index in [1.807, 2.05) is 24.3 Å². The Morgan fingerprint density at radius 2 is 2.00 bits per heavy atom. The summed E-state index contributed by atoms with van der Waals surface area (Å²) in [4.78, 5) is 4.44. The van der Waals surface area contributed by atoms with Crippen LogP contribution in [-0.4, -0.2) is 12.1 Å². The molecule has 1 aromatic heterocycles. The molecule has 0 saturated carbocycles. The van der Waals surface area contributed by atoms with Crippen molar-refractivity contribution in [2.45, 2.75) is 5.33 Å². The molecule has 1 aromatic carbocycles. The number of methoxy groups -OCH3 is 1. The van der Waals surface area contributed by atoms with E-state index >= 15 is 0 Å². The summed E-state index contributed by atoms with van der Waals surface area (Å²) in [5, 5.41) is 1.89. The molecule has 0 radical (unpaired) electrons. The molecule has 0 unspecified atom stereocenters. The molecule has 0 N–H and O–H groups in total. The second kappa shape index (κ2) is 4.49. The van der Waals surface area contributed by atoms with Gasteiger partial charge in [-0.1, -0.05) is 37.9 Å². The van der Waals surface area contributed by atoms with Gasteiger partial charge in [-0.05, 0) is 12.1 Å². The summed E-state index contributed by atoms with van der Waals surface area (Å²) in [6.07, 6.45) is 0. The molecule has 0 aliphatic rings. The molecule has 0 saturated heterocycles. The molecule has 2 rings (SSSR count). The summed E-state index contributed by atoms with van der Waals surface area (Å²) in [6.45, 7) is 0. The molecule has 0 aliphatic heterocycles. The smallest absolute Gasteiger partial charge is 0.213 e. The summed E-state index contributed by atoms with van der Waals surface area (Å²) in [5.74, 6) is 0.641. The number of aromatic nitrogens is 1. The van der Waals surface area contributed by atoms with Gasteiger partial charge in [-0.25, -0.2) is 4.98 Å². The molecule has 78 valence electrons. The van der Waals surface area contributed by atoms with E-state index in [1.54, 1.807) is 7.11 Å². The van der Waals surface area contributed by atoms with Crippen molar-refractivity contribution in [2.24, 2.45) is 0 Å². The topological polar surface area (TPSA) is 22.1 Å². The molecule has 15 heavy (non-hydrogen) atoms. The van der Waals surface area contributed by atoms with Crippen molar-refractivity contribution in [3.8, 4) is 5.88 Å². The largest absolute Gasteiger partial charge is 0.481 e. The summed E-state index contributed by atoms with van der Waals surface area (Å²) in [7, 11) is 1.62. The van der Waals surface area contributed by atoms with Crippen LogP contribution in [0.4, 0.5) is 0 Å². The quantitative estimate of drug-likeness (QED) is 0.779. The molecular weight excluding hydrogens is 322 g/mol. The normalized spacial score (nSPS) is 10.6. The van der Waals surface area contributed by atoms with Crippen molar-refractivity contribution in [2.75, 3.05) is 7.11 Å². The number of pyridine rings is 1. The lowest BCUT2D eigenvalue weighted by molar-refractivity contribution is 0.399. The summed E-state index contributed by atoms with van der Waals surface area (Å²) >= 11 is 6.98. The number of benzene rings is 1. The van der Waals surface area contributed by atoms with Gasteiger partial charge in [0.25, 0.3) is 0 Å². The third-order valence-corrected chi connectivity index (χ3v) is 3.53. The van der Waals surface area contributed by atoms with E-state index in [9.17, 15) is 0 Å². The van der Waals surface area contributed by atoms with Crippen LogP contribution in [0.3, 0.4) is 0 Å². The first kappa shape index (κ1) is 10.9. The van der Waals surface area contributed by atoms with Gasteiger partial charge in [0.05, 0.1) is 12.6 Å². The Balaban J connectivity index is 2.76. The highest BCUT2D eigenvalue weighted by atomic mass is 79.9. The van der Waals surface area contributed by atoms with Crippen molar-refractivity contribution in [3.05, 3.63) is 34.3 Å². The molecule has 2 aromatic rings. The van der Waals surface area contributed by atoms with Crippen LogP contribution in [0.5, 0.6) is 5.88 Å². The number of ether oxygens (including phenoxy) is 1. The predicted molar refractivity (Wildman–Crippen MR) is 68.6 cm³/mol. The Bertz CT molecular complexity index is 499. The molecule has 0 aliphatic carbocycles. The standard InChI is InChI=1S/C11H9Br2NO/c1-15-10-5-3-7-2-4-9(13)8(6-12)11(7)14-10/h2-5H,6H2,1H3. The molecule has 4 heteroatoms. The Kier molecular flexibility index (Phi) is 3.26. The number of hydrogen-bond donors (Lipinski definition) is 0. The summed E-state index contributed by atoms with van der Waals surface area (Å²) < 4.78 is 6.18. The molecule has 0 amide bonds. The minimum absolute atomic E-state index is 0.641. The average molecular weight is 331 g/mol. The van der Waals surface area contributed by atoms with Crippen molar-refractivity contribution < 1.29 is 4.74 Å². The zero-order valence-electron chi connectivity index (χ0n) is 8.13. The van der Waals surface area contributed by atoms with Gasteiger partial charge in [0, 0.05) is 26.8 Å². The van der Waals surface area contributed by atoms with Gasteiger partial charge < -0.3 is 4.74 Å². The monoisotopic (exact) mass is 329 g/mol. The van der Waals surface area contributed by atoms with E-state index in [0.29, 0.717) is 5.88 Å².